The molecule has 5 rings (SSSR count). The van der Waals surface area contributed by atoms with Crippen LogP contribution in [0, 0.1) is 0 Å². The van der Waals surface area contributed by atoms with Crippen molar-refractivity contribution >= 4 is 44.2 Å². The maximum Gasteiger partial charge on any atom is 0.410 e. The number of carbonyl (C=O) groups excluding carboxylic acids is 1. The molecule has 0 saturated carbocycles. The lowest BCUT2D eigenvalue weighted by Crippen LogP contribution is -2.47. The summed E-state index contributed by atoms with van der Waals surface area (Å²) in [5, 5.41) is 6.60. The monoisotopic (exact) mass is 477 g/mol. The number of piperidine rings is 1. The van der Waals surface area contributed by atoms with Crippen LogP contribution in [-0.4, -0.2) is 57.5 Å². The van der Waals surface area contributed by atoms with Crippen molar-refractivity contribution in [3.05, 3.63) is 42.6 Å². The Bertz CT molecular complexity index is 1340. The summed E-state index contributed by atoms with van der Waals surface area (Å²) >= 11 is 1.72. The standard InChI is InChI=1S/C26H31N5O2S/c1-26(2,3)33-25(32)31-12-10-19(11-13-31)30(5)20-7-9-22-23(15-20)34-24(27-22)17-6-8-21-18(14-17)16-29(4)28-21/h6-9,14-16,19H,10-13H2,1-5H3. The summed E-state index contributed by atoms with van der Waals surface area (Å²) in [4.78, 5) is 21.4. The molecule has 0 bridgehead atoms. The first-order valence-electron chi connectivity index (χ1n) is 11.7. The number of aromatic nitrogens is 3. The van der Waals surface area contributed by atoms with Crippen molar-refractivity contribution in [3.8, 4) is 10.6 Å². The minimum Gasteiger partial charge on any atom is -0.444 e. The van der Waals surface area contributed by atoms with E-state index in [1.54, 1.807) is 11.3 Å². The average Bonchev–Trinajstić information content (AvgIpc) is 3.38. The molecular formula is C26H31N5O2S. The zero-order valence-corrected chi connectivity index (χ0v) is 21.2. The summed E-state index contributed by atoms with van der Waals surface area (Å²) in [5.41, 5.74) is 3.85. The molecule has 0 N–H and O–H groups in total. The van der Waals surface area contributed by atoms with Crippen LogP contribution in [-0.2, 0) is 11.8 Å². The van der Waals surface area contributed by atoms with Crippen molar-refractivity contribution in [1.82, 2.24) is 19.7 Å². The molecule has 0 atom stereocenters. The number of fused-ring (bicyclic) bond motifs is 2. The molecule has 1 aliphatic heterocycles. The number of anilines is 1. The Balaban J connectivity index is 1.30. The number of hydrogen-bond donors (Lipinski definition) is 0. The normalized spacial score (nSPS) is 15.3. The van der Waals surface area contributed by atoms with E-state index in [-0.39, 0.29) is 6.09 Å². The fraction of sp³-hybridized carbons (Fsp3) is 0.423. The van der Waals surface area contributed by atoms with Crippen LogP contribution < -0.4 is 4.90 Å². The minimum atomic E-state index is -0.461. The van der Waals surface area contributed by atoms with Gasteiger partial charge in [-0.05, 0) is 70.0 Å². The molecule has 3 heterocycles. The summed E-state index contributed by atoms with van der Waals surface area (Å²) in [6.07, 6.45) is 3.67. The summed E-state index contributed by atoms with van der Waals surface area (Å²) < 4.78 is 8.55. The molecule has 1 saturated heterocycles. The number of aryl methyl sites for hydroxylation is 1. The molecule has 0 aliphatic carbocycles. The fourth-order valence-corrected chi connectivity index (χ4v) is 5.51. The molecule has 0 unspecified atom stereocenters. The Labute approximate surface area is 203 Å². The topological polar surface area (TPSA) is 63.5 Å². The first-order chi connectivity index (χ1) is 16.2. The van der Waals surface area contributed by atoms with Gasteiger partial charge in [-0.1, -0.05) is 0 Å². The van der Waals surface area contributed by atoms with Crippen LogP contribution in [0.4, 0.5) is 10.5 Å². The van der Waals surface area contributed by atoms with Gasteiger partial charge in [-0.25, -0.2) is 9.78 Å². The van der Waals surface area contributed by atoms with Gasteiger partial charge in [0.1, 0.15) is 10.6 Å². The van der Waals surface area contributed by atoms with Crippen molar-refractivity contribution in [2.75, 3.05) is 25.0 Å². The van der Waals surface area contributed by atoms with Gasteiger partial charge < -0.3 is 14.5 Å². The van der Waals surface area contributed by atoms with Crippen LogP contribution in [0.25, 0.3) is 31.7 Å². The number of thiazole rings is 1. The number of likely N-dealkylation sites (tertiary alicyclic amines) is 1. The number of benzene rings is 2. The third kappa shape index (κ3) is 4.59. The van der Waals surface area contributed by atoms with Gasteiger partial charge in [-0.2, -0.15) is 5.10 Å². The van der Waals surface area contributed by atoms with Crippen LogP contribution in [0.5, 0.6) is 0 Å². The van der Waals surface area contributed by atoms with Gasteiger partial charge in [-0.15, -0.1) is 11.3 Å². The quantitative estimate of drug-likeness (QED) is 0.380. The van der Waals surface area contributed by atoms with E-state index in [0.29, 0.717) is 19.1 Å². The molecule has 1 aliphatic rings. The minimum absolute atomic E-state index is 0.211. The maximum atomic E-state index is 12.4. The highest BCUT2D eigenvalue weighted by Gasteiger charge is 2.28. The molecule has 0 radical (unpaired) electrons. The van der Waals surface area contributed by atoms with Gasteiger partial charge >= 0.3 is 6.09 Å². The zero-order chi connectivity index (χ0) is 24.0. The van der Waals surface area contributed by atoms with Gasteiger partial charge in [0.2, 0.25) is 0 Å². The van der Waals surface area contributed by atoms with Crippen LogP contribution >= 0.6 is 11.3 Å². The lowest BCUT2D eigenvalue weighted by molar-refractivity contribution is 0.0205. The lowest BCUT2D eigenvalue weighted by Gasteiger charge is -2.38. The van der Waals surface area contributed by atoms with E-state index in [9.17, 15) is 4.79 Å². The zero-order valence-electron chi connectivity index (χ0n) is 20.4. The van der Waals surface area contributed by atoms with E-state index in [2.05, 4.69) is 53.4 Å². The van der Waals surface area contributed by atoms with Gasteiger partial charge in [0, 0.05) is 56.1 Å². The summed E-state index contributed by atoms with van der Waals surface area (Å²) in [5.74, 6) is 0. The molecule has 2 aromatic carbocycles. The first kappa shape index (κ1) is 22.7. The Morgan fingerprint density at radius 1 is 1.12 bits per heavy atom. The predicted octanol–water partition coefficient (Wildman–Crippen LogP) is 5.69. The SMILES string of the molecule is CN(c1ccc2nc(-c3ccc4nn(C)cc4c3)sc2c1)C1CCN(C(=O)OC(C)(C)C)CC1. The second kappa shape index (κ2) is 8.58. The van der Waals surface area contributed by atoms with Crippen LogP contribution in [0.2, 0.25) is 0 Å². The maximum absolute atomic E-state index is 12.4. The third-order valence-electron chi connectivity index (χ3n) is 6.31. The molecule has 7 nitrogen and oxygen atoms in total. The number of rotatable bonds is 3. The van der Waals surface area contributed by atoms with Crippen molar-refractivity contribution < 1.29 is 9.53 Å². The Kier molecular flexibility index (Phi) is 5.72. The van der Waals surface area contributed by atoms with E-state index in [4.69, 9.17) is 9.72 Å². The average molecular weight is 478 g/mol. The van der Waals surface area contributed by atoms with E-state index in [0.717, 1.165) is 39.8 Å². The molecule has 1 fully saturated rings. The molecule has 8 heteroatoms. The summed E-state index contributed by atoms with van der Waals surface area (Å²) in [6.45, 7) is 7.15. The molecular weight excluding hydrogens is 446 g/mol. The Morgan fingerprint density at radius 2 is 1.85 bits per heavy atom. The summed E-state index contributed by atoms with van der Waals surface area (Å²) in [7, 11) is 4.09. The number of carbonyl (C=O) groups is 1. The number of hydrogen-bond acceptors (Lipinski definition) is 6. The molecule has 34 heavy (non-hydrogen) atoms. The van der Waals surface area contributed by atoms with E-state index in [1.807, 2.05) is 43.6 Å². The number of ether oxygens (including phenoxy) is 1. The smallest absolute Gasteiger partial charge is 0.410 e. The first-order valence-corrected chi connectivity index (χ1v) is 12.5. The largest absolute Gasteiger partial charge is 0.444 e. The van der Waals surface area contributed by atoms with Crippen molar-refractivity contribution in [3.63, 3.8) is 0 Å². The van der Waals surface area contributed by atoms with Gasteiger partial charge in [0.15, 0.2) is 0 Å². The molecule has 1 amide bonds. The lowest BCUT2D eigenvalue weighted by atomic mass is 10.0. The Morgan fingerprint density at radius 3 is 2.59 bits per heavy atom. The highest BCUT2D eigenvalue weighted by atomic mass is 32.1. The van der Waals surface area contributed by atoms with Gasteiger partial charge in [0.05, 0.1) is 15.7 Å². The van der Waals surface area contributed by atoms with Gasteiger partial charge in [-0.3, -0.25) is 4.68 Å². The van der Waals surface area contributed by atoms with Crippen LogP contribution in [0.15, 0.2) is 42.6 Å². The van der Waals surface area contributed by atoms with Crippen LogP contribution in [0.1, 0.15) is 33.6 Å². The second-order valence-corrected chi connectivity index (χ2v) is 11.1. The molecule has 0 spiro atoms. The highest BCUT2D eigenvalue weighted by Crippen LogP contribution is 2.34. The van der Waals surface area contributed by atoms with E-state index < -0.39 is 5.60 Å². The highest BCUT2D eigenvalue weighted by molar-refractivity contribution is 7.21. The van der Waals surface area contributed by atoms with Gasteiger partial charge in [0.25, 0.3) is 0 Å². The van der Waals surface area contributed by atoms with E-state index >= 15 is 0 Å². The van der Waals surface area contributed by atoms with E-state index in [1.165, 1.54) is 10.4 Å². The molecule has 2 aromatic heterocycles. The van der Waals surface area contributed by atoms with Crippen LogP contribution in [0.3, 0.4) is 0 Å². The summed E-state index contributed by atoms with van der Waals surface area (Å²) in [6, 6.07) is 13.2. The van der Waals surface area contributed by atoms with Crippen molar-refractivity contribution in [2.45, 2.75) is 45.3 Å². The molecule has 4 aromatic rings. The third-order valence-corrected chi connectivity index (χ3v) is 7.38. The fourth-order valence-electron chi connectivity index (χ4n) is 4.51. The molecule has 178 valence electrons. The second-order valence-electron chi connectivity index (χ2n) is 10.1. The number of amides is 1. The predicted molar refractivity (Wildman–Crippen MR) is 139 cm³/mol. The Hall–Kier alpha value is -3.13. The van der Waals surface area contributed by atoms with Crippen molar-refractivity contribution in [2.24, 2.45) is 7.05 Å². The number of nitrogens with zero attached hydrogens (tertiary/aromatic N) is 5. The van der Waals surface area contributed by atoms with Crippen molar-refractivity contribution in [1.29, 1.82) is 0 Å².